The number of fused-ring (bicyclic) bond motifs is 1. The van der Waals surface area contributed by atoms with Gasteiger partial charge in [-0.25, -0.2) is 18.9 Å². The van der Waals surface area contributed by atoms with Gasteiger partial charge in [-0.05, 0) is 61.5 Å². The van der Waals surface area contributed by atoms with Crippen LogP contribution in [0.5, 0.6) is 0 Å². The first-order chi connectivity index (χ1) is 13.5. The molecule has 0 unspecified atom stereocenters. The van der Waals surface area contributed by atoms with E-state index in [1.165, 1.54) is 12.1 Å². The van der Waals surface area contributed by atoms with Gasteiger partial charge in [0.15, 0.2) is 11.5 Å². The molecule has 0 aliphatic heterocycles. The van der Waals surface area contributed by atoms with Crippen LogP contribution in [0.25, 0.3) is 11.0 Å². The van der Waals surface area contributed by atoms with Crippen molar-refractivity contribution in [3.05, 3.63) is 41.6 Å². The van der Waals surface area contributed by atoms with Crippen LogP contribution in [0, 0.1) is 5.82 Å². The van der Waals surface area contributed by atoms with Crippen LogP contribution < -0.4 is 11.1 Å². The summed E-state index contributed by atoms with van der Waals surface area (Å²) in [4.78, 5) is 19.3. The fourth-order valence-electron chi connectivity index (χ4n) is 3.49. The Bertz CT molecular complexity index is 1000. The van der Waals surface area contributed by atoms with Crippen LogP contribution in [-0.2, 0) is 4.74 Å². The highest BCUT2D eigenvalue weighted by Gasteiger charge is 2.27. The van der Waals surface area contributed by atoms with Gasteiger partial charge in [-0.1, -0.05) is 0 Å². The first-order valence-electron chi connectivity index (χ1n) is 8.89. The Hall–Kier alpha value is -2.94. The molecule has 10 heteroatoms. The molecule has 0 radical (unpaired) electrons. The van der Waals surface area contributed by atoms with Gasteiger partial charge in [-0.15, -0.1) is 0 Å². The van der Waals surface area contributed by atoms with Crippen molar-refractivity contribution < 1.29 is 13.9 Å². The average Bonchev–Trinajstić information content (AvgIpc) is 3.01. The number of amides is 1. The Morgan fingerprint density at radius 3 is 2.64 bits per heavy atom. The smallest absolute Gasteiger partial charge is 0.404 e. The van der Waals surface area contributed by atoms with E-state index in [0.29, 0.717) is 35.4 Å². The number of nitrogens with two attached hydrogens (primary N) is 1. The van der Waals surface area contributed by atoms with Crippen molar-refractivity contribution in [2.45, 2.75) is 37.8 Å². The molecule has 1 fully saturated rings. The Labute approximate surface area is 164 Å². The van der Waals surface area contributed by atoms with Gasteiger partial charge < -0.3 is 15.8 Å². The van der Waals surface area contributed by atoms with Gasteiger partial charge in [0.05, 0.1) is 11.4 Å². The summed E-state index contributed by atoms with van der Waals surface area (Å²) in [5, 5.41) is 8.70. The molecule has 1 amide bonds. The van der Waals surface area contributed by atoms with E-state index >= 15 is 0 Å². The maximum absolute atomic E-state index is 13.2. The third kappa shape index (κ3) is 3.84. The second kappa shape index (κ2) is 7.59. The summed E-state index contributed by atoms with van der Waals surface area (Å²) < 4.78 is 20.1. The van der Waals surface area contributed by atoms with E-state index < -0.39 is 6.09 Å². The summed E-state index contributed by atoms with van der Waals surface area (Å²) >= 11 is 6.00. The zero-order valence-electron chi connectivity index (χ0n) is 14.8. The first kappa shape index (κ1) is 18.4. The summed E-state index contributed by atoms with van der Waals surface area (Å²) in [7, 11) is 0. The number of carbonyl (C=O) groups excluding carboxylic acids is 1. The molecule has 2 aromatic heterocycles. The number of carbonyl (C=O) groups is 1. The van der Waals surface area contributed by atoms with Crippen LogP contribution in [0.3, 0.4) is 0 Å². The molecular formula is C18H18ClFN6O2. The minimum Gasteiger partial charge on any atom is -0.446 e. The van der Waals surface area contributed by atoms with Gasteiger partial charge in [0.2, 0.25) is 5.28 Å². The summed E-state index contributed by atoms with van der Waals surface area (Å²) in [5.74, 6) is 0.250. The molecule has 0 spiro atoms. The third-order valence-electron chi connectivity index (χ3n) is 4.80. The van der Waals surface area contributed by atoms with E-state index in [0.717, 1.165) is 12.8 Å². The van der Waals surface area contributed by atoms with Crippen LogP contribution in [0.4, 0.5) is 20.7 Å². The van der Waals surface area contributed by atoms with Crippen LogP contribution in [-0.4, -0.2) is 31.9 Å². The number of nitrogens with zero attached hydrogens (tertiary/aromatic N) is 4. The monoisotopic (exact) mass is 404 g/mol. The van der Waals surface area contributed by atoms with Crippen molar-refractivity contribution in [1.82, 2.24) is 19.7 Å². The second-order valence-corrected chi connectivity index (χ2v) is 7.01. The number of halogens is 2. The minimum absolute atomic E-state index is 0.0740. The van der Waals surface area contributed by atoms with E-state index in [-0.39, 0.29) is 23.2 Å². The van der Waals surface area contributed by atoms with E-state index in [9.17, 15) is 9.18 Å². The van der Waals surface area contributed by atoms with Gasteiger partial charge >= 0.3 is 6.09 Å². The topological polar surface area (TPSA) is 108 Å². The summed E-state index contributed by atoms with van der Waals surface area (Å²) in [6.45, 7) is 0. The van der Waals surface area contributed by atoms with Crippen molar-refractivity contribution in [2.75, 3.05) is 5.32 Å². The van der Waals surface area contributed by atoms with Crippen molar-refractivity contribution in [1.29, 1.82) is 0 Å². The Kier molecular flexibility index (Phi) is 4.99. The Morgan fingerprint density at radius 2 is 1.96 bits per heavy atom. The molecule has 0 saturated heterocycles. The molecule has 146 valence electrons. The zero-order valence-corrected chi connectivity index (χ0v) is 15.6. The van der Waals surface area contributed by atoms with Crippen LogP contribution in [0.1, 0.15) is 31.7 Å². The lowest BCUT2D eigenvalue weighted by molar-refractivity contribution is 0.0714. The fourth-order valence-corrected chi connectivity index (χ4v) is 3.62. The predicted molar refractivity (Wildman–Crippen MR) is 102 cm³/mol. The summed E-state index contributed by atoms with van der Waals surface area (Å²) in [5.41, 5.74) is 6.41. The summed E-state index contributed by atoms with van der Waals surface area (Å²) in [6.07, 6.45) is 3.58. The number of rotatable bonds is 4. The molecule has 1 aromatic carbocycles. The second-order valence-electron chi connectivity index (χ2n) is 6.67. The molecule has 4 rings (SSSR count). The molecule has 3 aromatic rings. The lowest BCUT2D eigenvalue weighted by Gasteiger charge is -2.28. The number of primary amides is 1. The number of benzene rings is 1. The normalized spacial score (nSPS) is 19.5. The van der Waals surface area contributed by atoms with E-state index in [1.807, 2.05) is 4.68 Å². The maximum atomic E-state index is 13.2. The lowest BCUT2D eigenvalue weighted by atomic mass is 9.93. The molecule has 8 nitrogen and oxygen atoms in total. The van der Waals surface area contributed by atoms with Crippen molar-refractivity contribution >= 4 is 40.2 Å². The molecule has 0 atom stereocenters. The Balaban J connectivity index is 1.62. The number of ether oxygens (including phenoxy) is 1. The number of nitrogens with one attached hydrogen (secondary N) is 1. The minimum atomic E-state index is -0.752. The molecule has 3 N–H and O–H groups in total. The SMILES string of the molecule is NC(=O)OC1CCC(n2nc(Nc3ccc(F)cc3)c3cnc(Cl)nc32)CC1. The van der Waals surface area contributed by atoms with Crippen molar-refractivity contribution in [3.8, 4) is 0 Å². The van der Waals surface area contributed by atoms with Gasteiger partial charge in [-0.3, -0.25) is 0 Å². The molecule has 28 heavy (non-hydrogen) atoms. The quantitative estimate of drug-likeness (QED) is 0.637. The Morgan fingerprint density at radius 1 is 1.25 bits per heavy atom. The van der Waals surface area contributed by atoms with Crippen molar-refractivity contribution in [3.63, 3.8) is 0 Å². The molecule has 0 bridgehead atoms. The average molecular weight is 405 g/mol. The van der Waals surface area contributed by atoms with E-state index in [4.69, 9.17) is 22.1 Å². The molecular weight excluding hydrogens is 387 g/mol. The molecule has 1 saturated carbocycles. The molecule has 1 aliphatic carbocycles. The lowest BCUT2D eigenvalue weighted by Crippen LogP contribution is -2.28. The van der Waals surface area contributed by atoms with Crippen LogP contribution in [0.15, 0.2) is 30.5 Å². The maximum Gasteiger partial charge on any atom is 0.404 e. The largest absolute Gasteiger partial charge is 0.446 e. The molecule has 1 aliphatic rings. The summed E-state index contributed by atoms with van der Waals surface area (Å²) in [6, 6.07) is 6.07. The highest BCUT2D eigenvalue weighted by atomic mass is 35.5. The molecule has 2 heterocycles. The third-order valence-corrected chi connectivity index (χ3v) is 4.98. The van der Waals surface area contributed by atoms with Crippen LogP contribution in [0.2, 0.25) is 5.28 Å². The van der Waals surface area contributed by atoms with E-state index in [1.54, 1.807) is 18.3 Å². The highest BCUT2D eigenvalue weighted by molar-refractivity contribution is 6.28. The van der Waals surface area contributed by atoms with Gasteiger partial charge in [0, 0.05) is 11.9 Å². The number of aromatic nitrogens is 4. The van der Waals surface area contributed by atoms with Gasteiger partial charge in [0.1, 0.15) is 11.9 Å². The number of hydrogen-bond donors (Lipinski definition) is 2. The first-order valence-corrected chi connectivity index (χ1v) is 9.27. The number of hydrogen-bond acceptors (Lipinski definition) is 6. The number of anilines is 2. The fraction of sp³-hybridized carbons (Fsp3) is 0.333. The predicted octanol–water partition coefficient (Wildman–Crippen LogP) is 3.94. The van der Waals surface area contributed by atoms with Gasteiger partial charge in [-0.2, -0.15) is 10.1 Å². The van der Waals surface area contributed by atoms with Crippen LogP contribution >= 0.6 is 11.6 Å². The van der Waals surface area contributed by atoms with Gasteiger partial charge in [0.25, 0.3) is 0 Å². The zero-order chi connectivity index (χ0) is 19.7. The highest BCUT2D eigenvalue weighted by Crippen LogP contribution is 2.34. The van der Waals surface area contributed by atoms with Crippen molar-refractivity contribution in [2.24, 2.45) is 5.73 Å². The van der Waals surface area contributed by atoms with E-state index in [2.05, 4.69) is 20.4 Å². The standard InChI is InChI=1S/C18H18ClFN6O2/c19-17-22-9-14-15(23-11-3-1-10(20)2-4-11)25-26(16(14)24-17)12-5-7-13(8-6-12)28-18(21)27/h1-4,9,12-13H,5-8H2,(H2,21,27)(H,23,25).